The van der Waals surface area contributed by atoms with Crippen molar-refractivity contribution in [3.8, 4) is 0 Å². The van der Waals surface area contributed by atoms with E-state index in [-0.39, 0.29) is 0 Å². The van der Waals surface area contributed by atoms with Crippen molar-refractivity contribution in [2.75, 3.05) is 0 Å². The molecule has 0 nitrogen and oxygen atoms in total. The van der Waals surface area contributed by atoms with Crippen molar-refractivity contribution in [1.29, 1.82) is 0 Å². The quantitative estimate of drug-likeness (QED) is 0.695. The van der Waals surface area contributed by atoms with Gasteiger partial charge in [0, 0.05) is 4.90 Å². The molecule has 0 aliphatic heterocycles. The lowest BCUT2D eigenvalue weighted by molar-refractivity contribution is 0.733. The van der Waals surface area contributed by atoms with Gasteiger partial charge in [0.2, 0.25) is 0 Å². The number of benzene rings is 1. The van der Waals surface area contributed by atoms with E-state index in [0.29, 0.717) is 5.92 Å². The molecule has 12 heavy (non-hydrogen) atoms. The molecule has 2 heteroatoms. The van der Waals surface area contributed by atoms with E-state index >= 15 is 0 Å². The van der Waals surface area contributed by atoms with Gasteiger partial charge in [-0.3, -0.25) is 0 Å². The third-order valence-corrected chi connectivity index (χ3v) is 3.14. The van der Waals surface area contributed by atoms with Gasteiger partial charge in [-0.25, -0.2) is 0 Å². The highest BCUT2D eigenvalue weighted by Crippen LogP contribution is 2.25. The normalized spacial score (nSPS) is 12.9. The molecule has 0 bridgehead atoms. The first-order chi connectivity index (χ1) is 5.77. The van der Waals surface area contributed by atoms with Gasteiger partial charge in [0.15, 0.2) is 0 Å². The fraction of sp³-hybridized carbons (Fsp3) is 0.400. The van der Waals surface area contributed by atoms with Gasteiger partial charge in [-0.15, -0.1) is 0 Å². The lowest BCUT2D eigenvalue weighted by atomic mass is 9.99. The minimum absolute atomic E-state index is 0.652. The summed E-state index contributed by atoms with van der Waals surface area (Å²) >= 11 is 0. The minimum Gasteiger partial charge on any atom is -0.0648 e. The largest absolute Gasteiger partial charge is 0.0648 e. The van der Waals surface area contributed by atoms with Gasteiger partial charge in [-0.1, -0.05) is 26.0 Å². The predicted molar refractivity (Wildman–Crippen MR) is 56.9 cm³/mol. The smallest absolute Gasteiger partial charge is 0.0233 e. The molecule has 1 atom stereocenters. The second kappa shape index (κ2) is 4.78. The van der Waals surface area contributed by atoms with Crippen molar-refractivity contribution < 1.29 is 0 Å². The Labute approximate surface area is 82.8 Å². The van der Waals surface area contributed by atoms with Crippen LogP contribution in [0.25, 0.3) is 0 Å². The van der Waals surface area contributed by atoms with Crippen molar-refractivity contribution in [3.05, 3.63) is 29.8 Å². The van der Waals surface area contributed by atoms with Gasteiger partial charge in [-0.05, 0) is 51.7 Å². The van der Waals surface area contributed by atoms with E-state index in [2.05, 4.69) is 38.1 Å². The lowest BCUT2D eigenvalue weighted by Gasteiger charge is -2.08. The second-order valence-corrected chi connectivity index (χ2v) is 4.04. The monoisotopic (exact) mass is 200 g/mol. The Morgan fingerprint density at radius 3 is 2.33 bits per heavy atom. The van der Waals surface area contributed by atoms with E-state index in [0.717, 1.165) is 4.90 Å². The van der Waals surface area contributed by atoms with Crippen molar-refractivity contribution in [3.63, 3.8) is 0 Å². The number of rotatable bonds is 3. The highest BCUT2D eigenvalue weighted by molar-refractivity contribution is 8.21. The van der Waals surface area contributed by atoms with Crippen LogP contribution in [0.15, 0.2) is 29.2 Å². The molecule has 0 saturated carbocycles. The summed E-state index contributed by atoms with van der Waals surface area (Å²) in [4.78, 5) is 1.11. The summed E-state index contributed by atoms with van der Waals surface area (Å²) in [5.41, 5.74) is 1.40. The minimum atomic E-state index is 0.652. The summed E-state index contributed by atoms with van der Waals surface area (Å²) in [7, 11) is 6.88. The highest BCUT2D eigenvalue weighted by Gasteiger charge is 2.01. The Morgan fingerprint density at radius 2 is 1.92 bits per heavy atom. The van der Waals surface area contributed by atoms with Gasteiger partial charge in [-0.2, -0.15) is 0 Å². The molecular weight excluding hydrogens is 188 g/mol. The average molecular weight is 201 g/mol. The molecule has 0 amide bonds. The van der Waals surface area contributed by atoms with Gasteiger partial charge < -0.3 is 0 Å². The lowest BCUT2D eigenvalue weighted by Crippen LogP contribution is -1.89. The number of halogens is 1. The fourth-order valence-electron chi connectivity index (χ4n) is 1.08. The van der Waals surface area contributed by atoms with Crippen molar-refractivity contribution >= 4 is 21.7 Å². The molecule has 0 radical (unpaired) electrons. The Hall–Kier alpha value is -0.140. The van der Waals surface area contributed by atoms with Crippen LogP contribution in [0.3, 0.4) is 0 Å². The summed E-state index contributed by atoms with van der Waals surface area (Å²) in [5, 5.41) is 0. The zero-order valence-electron chi connectivity index (χ0n) is 7.38. The SMILES string of the molecule is CCC(C)c1ccc(SCl)cc1. The van der Waals surface area contributed by atoms with E-state index < -0.39 is 0 Å². The van der Waals surface area contributed by atoms with Crippen LogP contribution in [0.2, 0.25) is 0 Å². The molecule has 1 aromatic carbocycles. The Morgan fingerprint density at radius 1 is 1.33 bits per heavy atom. The summed E-state index contributed by atoms with van der Waals surface area (Å²) in [6, 6.07) is 8.44. The van der Waals surface area contributed by atoms with E-state index in [1.165, 1.54) is 23.0 Å². The van der Waals surface area contributed by atoms with Crippen molar-refractivity contribution in [1.82, 2.24) is 0 Å². The van der Waals surface area contributed by atoms with Crippen LogP contribution in [0.1, 0.15) is 31.7 Å². The Bertz CT molecular complexity index is 230. The number of hydrogen-bond donors (Lipinski definition) is 0. The second-order valence-electron chi connectivity index (χ2n) is 2.96. The predicted octanol–water partition coefficient (Wildman–Crippen LogP) is 4.45. The summed E-state index contributed by atoms with van der Waals surface area (Å²) < 4.78 is 0. The van der Waals surface area contributed by atoms with Crippen LogP contribution in [-0.4, -0.2) is 0 Å². The molecule has 1 unspecified atom stereocenters. The molecule has 0 aliphatic carbocycles. The standard InChI is InChI=1S/C10H13ClS/c1-3-8(2)9-4-6-10(12-11)7-5-9/h4-8H,3H2,1-2H3. The first-order valence-corrected chi connectivity index (χ1v) is 5.80. The maximum atomic E-state index is 5.61. The molecule has 1 rings (SSSR count). The van der Waals surface area contributed by atoms with Crippen LogP contribution < -0.4 is 0 Å². The third kappa shape index (κ3) is 2.43. The summed E-state index contributed by atoms with van der Waals surface area (Å²) in [5.74, 6) is 0.652. The molecule has 0 fully saturated rings. The zero-order valence-corrected chi connectivity index (χ0v) is 8.95. The van der Waals surface area contributed by atoms with Crippen LogP contribution in [0.5, 0.6) is 0 Å². The molecule has 0 N–H and O–H groups in total. The molecule has 0 saturated heterocycles. The van der Waals surface area contributed by atoms with Gasteiger partial charge in [0.1, 0.15) is 0 Å². The molecule has 0 heterocycles. The Balaban J connectivity index is 2.77. The topological polar surface area (TPSA) is 0 Å². The van der Waals surface area contributed by atoms with E-state index in [1.54, 1.807) is 0 Å². The molecule has 0 aromatic heterocycles. The maximum absolute atomic E-state index is 5.61. The summed E-state index contributed by atoms with van der Waals surface area (Å²) in [6.45, 7) is 4.44. The van der Waals surface area contributed by atoms with Crippen molar-refractivity contribution in [2.45, 2.75) is 31.1 Å². The third-order valence-electron chi connectivity index (χ3n) is 2.15. The molecule has 0 spiro atoms. The van der Waals surface area contributed by atoms with Crippen LogP contribution in [0, 0.1) is 0 Å². The van der Waals surface area contributed by atoms with Crippen LogP contribution in [0.4, 0.5) is 0 Å². The first-order valence-electron chi connectivity index (χ1n) is 4.16. The molecule has 66 valence electrons. The first kappa shape index (κ1) is 9.94. The Kier molecular flexibility index (Phi) is 3.96. The highest BCUT2D eigenvalue weighted by atomic mass is 35.7. The van der Waals surface area contributed by atoms with Gasteiger partial charge >= 0.3 is 0 Å². The van der Waals surface area contributed by atoms with Crippen LogP contribution in [-0.2, 0) is 0 Å². The average Bonchev–Trinajstić information content (AvgIpc) is 2.17. The van der Waals surface area contributed by atoms with Gasteiger partial charge in [0.25, 0.3) is 0 Å². The maximum Gasteiger partial charge on any atom is 0.0233 e. The zero-order chi connectivity index (χ0) is 8.97. The summed E-state index contributed by atoms with van der Waals surface area (Å²) in [6.07, 6.45) is 1.19. The molecular formula is C10H13ClS. The molecule has 1 aromatic rings. The van der Waals surface area contributed by atoms with Crippen molar-refractivity contribution in [2.24, 2.45) is 0 Å². The van der Waals surface area contributed by atoms with E-state index in [1.807, 2.05) is 0 Å². The van der Waals surface area contributed by atoms with E-state index in [9.17, 15) is 0 Å². The van der Waals surface area contributed by atoms with Crippen LogP contribution >= 0.6 is 21.7 Å². The number of hydrogen-bond acceptors (Lipinski definition) is 1. The van der Waals surface area contributed by atoms with Gasteiger partial charge in [0.05, 0.1) is 0 Å². The van der Waals surface area contributed by atoms with E-state index in [4.69, 9.17) is 10.7 Å². The molecule has 0 aliphatic rings. The fourth-order valence-corrected chi connectivity index (χ4v) is 1.63.